The lowest BCUT2D eigenvalue weighted by atomic mass is 10.1. The Hall–Kier alpha value is -3.01. The van der Waals surface area contributed by atoms with Crippen LogP contribution in [0.15, 0.2) is 30.3 Å². The third-order valence-corrected chi connectivity index (χ3v) is 4.63. The Balaban J connectivity index is 1.91. The molecule has 2 heterocycles. The summed E-state index contributed by atoms with van der Waals surface area (Å²) in [5.74, 6) is -0.903. The fourth-order valence-corrected chi connectivity index (χ4v) is 2.95. The van der Waals surface area contributed by atoms with Crippen molar-refractivity contribution in [2.45, 2.75) is 32.2 Å². The Labute approximate surface area is 168 Å². The molecule has 2 aromatic rings. The standard InChI is InChI=1S/C18H16ClF3N4O3/c1-8(16(27)24-12-7-10(18(20,21)22)3-4-11(12)19)26-15-13(5-6-14(23)25-15)29-9(2)17(26)28/h3-9H,1-2H3,(H2,23,25)(H,24,27). The van der Waals surface area contributed by atoms with E-state index in [0.29, 0.717) is 0 Å². The molecule has 2 amide bonds. The van der Waals surface area contributed by atoms with Crippen LogP contribution in [-0.2, 0) is 15.8 Å². The van der Waals surface area contributed by atoms with Crippen molar-refractivity contribution in [2.24, 2.45) is 0 Å². The Morgan fingerprint density at radius 2 is 2.03 bits per heavy atom. The number of aromatic nitrogens is 1. The maximum atomic E-state index is 12.9. The molecule has 29 heavy (non-hydrogen) atoms. The minimum absolute atomic E-state index is 0.0471. The number of benzene rings is 1. The predicted molar refractivity (Wildman–Crippen MR) is 101 cm³/mol. The monoisotopic (exact) mass is 428 g/mol. The van der Waals surface area contributed by atoms with Crippen LogP contribution >= 0.6 is 11.6 Å². The summed E-state index contributed by atoms with van der Waals surface area (Å²) in [5.41, 5.74) is 4.47. The van der Waals surface area contributed by atoms with Crippen LogP contribution in [0.25, 0.3) is 0 Å². The predicted octanol–water partition coefficient (Wildman–Crippen LogP) is 3.48. The van der Waals surface area contributed by atoms with Gasteiger partial charge in [-0.25, -0.2) is 4.98 Å². The number of alkyl halides is 3. The van der Waals surface area contributed by atoms with Crippen LogP contribution < -0.4 is 20.7 Å². The molecule has 2 atom stereocenters. The molecule has 0 saturated heterocycles. The lowest BCUT2D eigenvalue weighted by Crippen LogP contribution is -2.53. The highest BCUT2D eigenvalue weighted by Gasteiger charge is 2.39. The van der Waals surface area contributed by atoms with Gasteiger partial charge in [-0.2, -0.15) is 13.2 Å². The Kier molecular flexibility index (Phi) is 5.31. The summed E-state index contributed by atoms with van der Waals surface area (Å²) < 4.78 is 44.3. The maximum absolute atomic E-state index is 12.9. The molecule has 0 fully saturated rings. The average molecular weight is 429 g/mol. The van der Waals surface area contributed by atoms with E-state index in [0.717, 1.165) is 23.1 Å². The van der Waals surface area contributed by atoms with Gasteiger partial charge in [0.25, 0.3) is 5.91 Å². The molecule has 1 aliphatic heterocycles. The van der Waals surface area contributed by atoms with E-state index in [1.54, 1.807) is 0 Å². The Bertz CT molecular complexity index is 983. The molecule has 2 unspecified atom stereocenters. The smallest absolute Gasteiger partial charge is 0.416 e. The van der Waals surface area contributed by atoms with Gasteiger partial charge in [0.15, 0.2) is 17.7 Å². The molecule has 1 aromatic heterocycles. The molecule has 1 aromatic carbocycles. The number of nitrogens with two attached hydrogens (primary N) is 1. The molecule has 0 bridgehead atoms. The van der Waals surface area contributed by atoms with Crippen molar-refractivity contribution in [1.29, 1.82) is 0 Å². The maximum Gasteiger partial charge on any atom is 0.416 e. The van der Waals surface area contributed by atoms with Crippen molar-refractivity contribution in [3.05, 3.63) is 40.9 Å². The fraction of sp³-hybridized carbons (Fsp3) is 0.278. The first-order valence-corrected chi connectivity index (χ1v) is 8.80. The highest BCUT2D eigenvalue weighted by Crippen LogP contribution is 2.36. The van der Waals surface area contributed by atoms with E-state index in [1.807, 2.05) is 0 Å². The molecule has 0 radical (unpaired) electrons. The minimum Gasteiger partial charge on any atom is -0.477 e. The number of carbonyl (C=O) groups is 2. The summed E-state index contributed by atoms with van der Waals surface area (Å²) >= 11 is 5.92. The van der Waals surface area contributed by atoms with Gasteiger partial charge in [0.1, 0.15) is 11.9 Å². The number of nitrogens with zero attached hydrogens (tertiary/aromatic N) is 2. The van der Waals surface area contributed by atoms with Gasteiger partial charge in [0, 0.05) is 0 Å². The topological polar surface area (TPSA) is 97.6 Å². The van der Waals surface area contributed by atoms with Crippen LogP contribution in [0.4, 0.5) is 30.5 Å². The zero-order valence-corrected chi connectivity index (χ0v) is 16.0. The number of ether oxygens (including phenoxy) is 1. The van der Waals surface area contributed by atoms with E-state index < -0.39 is 35.7 Å². The van der Waals surface area contributed by atoms with E-state index >= 15 is 0 Å². The van der Waals surface area contributed by atoms with Crippen molar-refractivity contribution in [3.63, 3.8) is 0 Å². The van der Waals surface area contributed by atoms with Gasteiger partial charge in [0.2, 0.25) is 5.91 Å². The minimum atomic E-state index is -4.61. The lowest BCUT2D eigenvalue weighted by Gasteiger charge is -2.35. The second-order valence-electron chi connectivity index (χ2n) is 6.38. The average Bonchev–Trinajstić information content (AvgIpc) is 2.63. The molecule has 11 heteroatoms. The van der Waals surface area contributed by atoms with Crippen molar-refractivity contribution < 1.29 is 27.5 Å². The van der Waals surface area contributed by atoms with Gasteiger partial charge in [-0.05, 0) is 44.2 Å². The van der Waals surface area contributed by atoms with E-state index in [4.69, 9.17) is 22.1 Å². The molecule has 154 valence electrons. The zero-order valence-electron chi connectivity index (χ0n) is 15.2. The van der Waals surface area contributed by atoms with E-state index in [-0.39, 0.29) is 28.1 Å². The number of halogens is 4. The summed E-state index contributed by atoms with van der Waals surface area (Å²) in [6.45, 7) is 2.91. The Morgan fingerprint density at radius 3 is 2.69 bits per heavy atom. The molecule has 0 aliphatic carbocycles. The molecular formula is C18H16ClF3N4O3. The van der Waals surface area contributed by atoms with Crippen molar-refractivity contribution in [2.75, 3.05) is 16.0 Å². The van der Waals surface area contributed by atoms with E-state index in [9.17, 15) is 22.8 Å². The second-order valence-corrected chi connectivity index (χ2v) is 6.79. The number of hydrogen-bond donors (Lipinski definition) is 2. The third-order valence-electron chi connectivity index (χ3n) is 4.30. The first-order chi connectivity index (χ1) is 13.5. The fourth-order valence-electron chi connectivity index (χ4n) is 2.78. The highest BCUT2D eigenvalue weighted by molar-refractivity contribution is 6.33. The quantitative estimate of drug-likeness (QED) is 0.780. The highest BCUT2D eigenvalue weighted by atomic mass is 35.5. The first kappa shape index (κ1) is 20.7. The summed E-state index contributed by atoms with van der Waals surface area (Å²) in [7, 11) is 0. The van der Waals surface area contributed by atoms with Gasteiger partial charge in [-0.15, -0.1) is 0 Å². The van der Waals surface area contributed by atoms with Crippen LogP contribution in [0.3, 0.4) is 0 Å². The summed E-state index contributed by atoms with van der Waals surface area (Å²) in [4.78, 5) is 30.5. The number of carbonyl (C=O) groups excluding carboxylic acids is 2. The molecule has 3 N–H and O–H groups in total. The number of nitrogens with one attached hydrogen (secondary N) is 1. The number of rotatable bonds is 3. The van der Waals surface area contributed by atoms with Crippen LogP contribution in [0.5, 0.6) is 5.75 Å². The molecule has 0 spiro atoms. The van der Waals surface area contributed by atoms with Crippen LogP contribution in [0.2, 0.25) is 5.02 Å². The number of amides is 2. The number of pyridine rings is 1. The van der Waals surface area contributed by atoms with E-state index in [2.05, 4.69) is 10.3 Å². The van der Waals surface area contributed by atoms with Crippen molar-refractivity contribution >= 4 is 40.7 Å². The number of anilines is 3. The van der Waals surface area contributed by atoms with Crippen molar-refractivity contribution in [1.82, 2.24) is 4.98 Å². The van der Waals surface area contributed by atoms with Gasteiger partial charge in [-0.3, -0.25) is 14.5 Å². The second kappa shape index (κ2) is 7.43. The van der Waals surface area contributed by atoms with Gasteiger partial charge < -0.3 is 15.8 Å². The van der Waals surface area contributed by atoms with Gasteiger partial charge >= 0.3 is 6.18 Å². The lowest BCUT2D eigenvalue weighted by molar-refractivity contribution is -0.137. The van der Waals surface area contributed by atoms with Crippen LogP contribution in [-0.4, -0.2) is 28.9 Å². The molecule has 3 rings (SSSR count). The Morgan fingerprint density at radius 1 is 1.34 bits per heavy atom. The molecule has 0 saturated carbocycles. The number of hydrogen-bond acceptors (Lipinski definition) is 5. The summed E-state index contributed by atoms with van der Waals surface area (Å²) in [6.07, 6.45) is -5.49. The van der Waals surface area contributed by atoms with Crippen LogP contribution in [0.1, 0.15) is 19.4 Å². The summed E-state index contributed by atoms with van der Waals surface area (Å²) in [5, 5.41) is 2.26. The first-order valence-electron chi connectivity index (χ1n) is 8.43. The molecule has 1 aliphatic rings. The van der Waals surface area contributed by atoms with Crippen molar-refractivity contribution in [3.8, 4) is 5.75 Å². The SMILES string of the molecule is CC1Oc2ccc(N)nc2N(C(C)C(=O)Nc2cc(C(F)(F)F)ccc2Cl)C1=O. The zero-order chi connectivity index (χ0) is 21.5. The molecule has 7 nitrogen and oxygen atoms in total. The number of nitrogen functional groups attached to an aromatic ring is 1. The summed E-state index contributed by atoms with van der Waals surface area (Å²) in [6, 6.07) is 4.42. The third kappa shape index (κ3) is 4.07. The largest absolute Gasteiger partial charge is 0.477 e. The number of fused-ring (bicyclic) bond motifs is 1. The molecular weight excluding hydrogens is 413 g/mol. The van der Waals surface area contributed by atoms with Gasteiger partial charge in [0.05, 0.1) is 16.3 Å². The normalized spacial score (nSPS) is 17.4. The van der Waals surface area contributed by atoms with Gasteiger partial charge in [-0.1, -0.05) is 11.6 Å². The van der Waals surface area contributed by atoms with E-state index in [1.165, 1.54) is 26.0 Å². The van der Waals surface area contributed by atoms with Crippen LogP contribution in [0, 0.1) is 0 Å².